The molecule has 0 saturated heterocycles. The molecule has 1 atom stereocenters. The summed E-state index contributed by atoms with van der Waals surface area (Å²) >= 11 is 0. The van der Waals surface area contributed by atoms with Crippen LogP contribution in [0.5, 0.6) is 0 Å². The van der Waals surface area contributed by atoms with E-state index in [2.05, 4.69) is 0 Å². The van der Waals surface area contributed by atoms with Crippen LogP contribution in [0.25, 0.3) is 0 Å². The van der Waals surface area contributed by atoms with E-state index >= 15 is 0 Å². The Hall–Kier alpha value is -0.990. The number of allylic oxidation sites excluding steroid dienone is 1. The Labute approximate surface area is 66.9 Å². The van der Waals surface area contributed by atoms with E-state index in [0.717, 1.165) is 18.9 Å². The maximum atomic E-state index is 10.2. The van der Waals surface area contributed by atoms with Gasteiger partial charge in [-0.2, -0.15) is 0 Å². The smallest absolute Gasteiger partial charge is 0.330 e. The van der Waals surface area contributed by atoms with Crippen molar-refractivity contribution in [2.75, 3.05) is 0 Å². The van der Waals surface area contributed by atoms with E-state index in [1.54, 1.807) is 0 Å². The lowest BCUT2D eigenvalue weighted by Crippen LogP contribution is -2.10. The van der Waals surface area contributed by atoms with Crippen molar-refractivity contribution < 1.29 is 9.90 Å². The largest absolute Gasteiger partial charge is 0.478 e. The Morgan fingerprint density at radius 1 is 1.73 bits per heavy atom. The van der Waals surface area contributed by atoms with Crippen molar-refractivity contribution in [3.8, 4) is 0 Å². The molecule has 0 spiro atoms. The molecule has 0 amide bonds. The van der Waals surface area contributed by atoms with E-state index in [1.165, 1.54) is 0 Å². The fourth-order valence-corrected chi connectivity index (χ4v) is 0.885. The lowest BCUT2D eigenvalue weighted by atomic mass is 10.0. The minimum atomic E-state index is -0.967. The molecule has 0 radical (unpaired) electrons. The van der Waals surface area contributed by atoms with Gasteiger partial charge < -0.3 is 10.8 Å². The van der Waals surface area contributed by atoms with Crippen molar-refractivity contribution in [2.45, 2.75) is 26.7 Å². The van der Waals surface area contributed by atoms with Gasteiger partial charge >= 0.3 is 5.97 Å². The number of aliphatic carboxylic acids is 1. The summed E-state index contributed by atoms with van der Waals surface area (Å²) in [6.45, 7) is 3.98. The third kappa shape index (κ3) is 4.42. The second-order valence-corrected chi connectivity index (χ2v) is 2.67. The number of nitrogens with two attached hydrogens (primary N) is 1. The molecule has 0 heterocycles. The standard InChI is InChI=1S/C8H15NO2/c1-3-4-6(2)7(9)5-8(10)11/h5-6H,3-4,9H2,1-2H3,(H,10,11). The van der Waals surface area contributed by atoms with Crippen LogP contribution in [0.4, 0.5) is 0 Å². The fourth-order valence-electron chi connectivity index (χ4n) is 0.885. The van der Waals surface area contributed by atoms with Crippen LogP contribution in [0, 0.1) is 5.92 Å². The second-order valence-electron chi connectivity index (χ2n) is 2.67. The molecule has 0 saturated carbocycles. The molecule has 3 nitrogen and oxygen atoms in total. The summed E-state index contributed by atoms with van der Waals surface area (Å²) < 4.78 is 0. The zero-order chi connectivity index (χ0) is 8.85. The molecule has 0 aliphatic rings. The van der Waals surface area contributed by atoms with Gasteiger partial charge in [-0.05, 0) is 12.3 Å². The van der Waals surface area contributed by atoms with Crippen LogP contribution in [0.15, 0.2) is 11.8 Å². The average Bonchev–Trinajstić information content (AvgIpc) is 1.86. The summed E-state index contributed by atoms with van der Waals surface area (Å²) in [5.74, 6) is -0.790. The topological polar surface area (TPSA) is 63.3 Å². The second kappa shape index (κ2) is 4.77. The molecule has 0 aromatic carbocycles. The van der Waals surface area contributed by atoms with Crippen LogP contribution >= 0.6 is 0 Å². The Morgan fingerprint density at radius 2 is 2.27 bits per heavy atom. The van der Waals surface area contributed by atoms with Crippen LogP contribution < -0.4 is 5.73 Å². The van der Waals surface area contributed by atoms with Crippen molar-refractivity contribution in [1.29, 1.82) is 0 Å². The fraction of sp³-hybridized carbons (Fsp3) is 0.625. The Morgan fingerprint density at radius 3 is 2.64 bits per heavy atom. The first-order valence-electron chi connectivity index (χ1n) is 3.78. The van der Waals surface area contributed by atoms with E-state index in [4.69, 9.17) is 10.8 Å². The molecule has 3 N–H and O–H groups in total. The lowest BCUT2D eigenvalue weighted by Gasteiger charge is -2.08. The maximum absolute atomic E-state index is 10.2. The first-order chi connectivity index (χ1) is 5.07. The Kier molecular flexibility index (Phi) is 4.34. The molecular formula is C8H15NO2. The number of hydrogen-bond donors (Lipinski definition) is 2. The summed E-state index contributed by atoms with van der Waals surface area (Å²) in [5, 5.41) is 8.34. The Bertz CT molecular complexity index is 163. The van der Waals surface area contributed by atoms with Gasteiger partial charge in [-0.3, -0.25) is 0 Å². The van der Waals surface area contributed by atoms with Gasteiger partial charge in [0, 0.05) is 11.8 Å². The highest BCUT2D eigenvalue weighted by atomic mass is 16.4. The molecule has 0 rings (SSSR count). The van der Waals surface area contributed by atoms with E-state index in [0.29, 0.717) is 5.70 Å². The molecular weight excluding hydrogens is 142 g/mol. The van der Waals surface area contributed by atoms with Gasteiger partial charge in [0.15, 0.2) is 0 Å². The number of carboxylic acids is 1. The van der Waals surface area contributed by atoms with Gasteiger partial charge in [0.05, 0.1) is 0 Å². The molecule has 11 heavy (non-hydrogen) atoms. The molecule has 3 heteroatoms. The molecule has 0 bridgehead atoms. The van der Waals surface area contributed by atoms with Crippen LogP contribution in [-0.4, -0.2) is 11.1 Å². The van der Waals surface area contributed by atoms with E-state index < -0.39 is 5.97 Å². The highest BCUT2D eigenvalue weighted by molar-refractivity contribution is 5.80. The number of carboxylic acid groups (broad SMARTS) is 1. The summed E-state index contributed by atoms with van der Waals surface area (Å²) in [5.41, 5.74) is 5.94. The summed E-state index contributed by atoms with van der Waals surface area (Å²) in [6.07, 6.45) is 3.03. The van der Waals surface area contributed by atoms with Crippen LogP contribution in [-0.2, 0) is 4.79 Å². The minimum Gasteiger partial charge on any atom is -0.478 e. The predicted molar refractivity (Wildman–Crippen MR) is 44.0 cm³/mol. The Balaban J connectivity index is 4.00. The molecule has 0 aromatic heterocycles. The van der Waals surface area contributed by atoms with E-state index in [-0.39, 0.29) is 5.92 Å². The zero-order valence-corrected chi connectivity index (χ0v) is 7.00. The van der Waals surface area contributed by atoms with Crippen molar-refractivity contribution in [1.82, 2.24) is 0 Å². The van der Waals surface area contributed by atoms with Gasteiger partial charge in [0.1, 0.15) is 0 Å². The average molecular weight is 157 g/mol. The van der Waals surface area contributed by atoms with Crippen LogP contribution in [0.1, 0.15) is 26.7 Å². The minimum absolute atomic E-state index is 0.177. The van der Waals surface area contributed by atoms with Crippen molar-refractivity contribution >= 4 is 5.97 Å². The van der Waals surface area contributed by atoms with Gasteiger partial charge in [-0.1, -0.05) is 20.3 Å². The maximum Gasteiger partial charge on any atom is 0.330 e. The van der Waals surface area contributed by atoms with Crippen LogP contribution in [0.2, 0.25) is 0 Å². The summed E-state index contributed by atoms with van der Waals surface area (Å²) in [7, 11) is 0. The molecule has 0 fully saturated rings. The van der Waals surface area contributed by atoms with Crippen LogP contribution in [0.3, 0.4) is 0 Å². The van der Waals surface area contributed by atoms with E-state index in [9.17, 15) is 4.79 Å². The number of carbonyl (C=O) groups is 1. The molecule has 1 unspecified atom stereocenters. The van der Waals surface area contributed by atoms with Crippen molar-refractivity contribution in [2.24, 2.45) is 11.7 Å². The summed E-state index contributed by atoms with van der Waals surface area (Å²) in [6, 6.07) is 0. The van der Waals surface area contributed by atoms with Gasteiger partial charge in [-0.25, -0.2) is 4.79 Å². The first-order valence-corrected chi connectivity index (χ1v) is 3.78. The SMILES string of the molecule is CCCC(C)C(N)=CC(=O)O. The predicted octanol–water partition coefficient (Wildman–Crippen LogP) is 1.35. The van der Waals surface area contributed by atoms with E-state index in [1.807, 2.05) is 13.8 Å². The normalized spacial score (nSPS) is 14.5. The molecule has 0 aliphatic heterocycles. The molecule has 0 aliphatic carbocycles. The van der Waals surface area contributed by atoms with Gasteiger partial charge in [-0.15, -0.1) is 0 Å². The third-order valence-corrected chi connectivity index (χ3v) is 1.58. The molecule has 64 valence electrons. The first kappa shape index (κ1) is 10.0. The highest BCUT2D eigenvalue weighted by Gasteiger charge is 2.04. The third-order valence-electron chi connectivity index (χ3n) is 1.58. The van der Waals surface area contributed by atoms with Crippen molar-refractivity contribution in [3.05, 3.63) is 11.8 Å². The number of rotatable bonds is 4. The summed E-state index contributed by atoms with van der Waals surface area (Å²) in [4.78, 5) is 10.2. The number of hydrogen-bond acceptors (Lipinski definition) is 2. The molecule has 0 aromatic rings. The van der Waals surface area contributed by atoms with Gasteiger partial charge in [0.2, 0.25) is 0 Å². The van der Waals surface area contributed by atoms with Crippen molar-refractivity contribution in [3.63, 3.8) is 0 Å². The monoisotopic (exact) mass is 157 g/mol. The highest BCUT2D eigenvalue weighted by Crippen LogP contribution is 2.10. The lowest BCUT2D eigenvalue weighted by molar-refractivity contribution is -0.131. The zero-order valence-electron chi connectivity index (χ0n) is 7.00. The van der Waals surface area contributed by atoms with Gasteiger partial charge in [0.25, 0.3) is 0 Å². The quantitative estimate of drug-likeness (QED) is 0.605.